The predicted molar refractivity (Wildman–Crippen MR) is 71.7 cm³/mol. The van der Waals surface area contributed by atoms with Crippen molar-refractivity contribution in [3.63, 3.8) is 0 Å². The molecule has 1 saturated heterocycles. The molecule has 1 aliphatic heterocycles. The van der Waals surface area contributed by atoms with E-state index in [4.69, 9.17) is 16.3 Å². The van der Waals surface area contributed by atoms with E-state index in [1.807, 2.05) is 0 Å². The van der Waals surface area contributed by atoms with Gasteiger partial charge in [0.1, 0.15) is 5.82 Å². The van der Waals surface area contributed by atoms with Crippen molar-refractivity contribution in [2.24, 2.45) is 0 Å². The van der Waals surface area contributed by atoms with Crippen LogP contribution in [-0.2, 0) is 4.74 Å². The minimum Gasteiger partial charge on any atom is -0.381 e. The van der Waals surface area contributed by atoms with Crippen LogP contribution in [0.4, 0.5) is 10.1 Å². The number of rotatable bonds is 4. The summed E-state index contributed by atoms with van der Waals surface area (Å²) in [5.74, 6) is -0.319. The summed E-state index contributed by atoms with van der Waals surface area (Å²) in [6, 6.07) is 4.99. The highest BCUT2D eigenvalue weighted by molar-refractivity contribution is 6.33. The van der Waals surface area contributed by atoms with E-state index in [-0.39, 0.29) is 11.9 Å². The molecule has 2 rings (SSSR count). The van der Waals surface area contributed by atoms with Crippen LogP contribution in [-0.4, -0.2) is 31.8 Å². The second-order valence-corrected chi connectivity index (χ2v) is 5.04. The van der Waals surface area contributed by atoms with Crippen LogP contribution >= 0.6 is 11.6 Å². The Hall–Kier alpha value is -0.840. The fraction of sp³-hybridized carbons (Fsp3) is 0.538. The van der Waals surface area contributed by atoms with Crippen molar-refractivity contribution in [3.8, 4) is 0 Å². The van der Waals surface area contributed by atoms with E-state index in [2.05, 4.69) is 17.6 Å². The van der Waals surface area contributed by atoms with Crippen molar-refractivity contribution in [1.82, 2.24) is 5.32 Å². The normalized spacial score (nSPS) is 21.6. The van der Waals surface area contributed by atoms with Gasteiger partial charge in [-0.05, 0) is 31.5 Å². The maximum Gasteiger partial charge on any atom is 0.124 e. The van der Waals surface area contributed by atoms with Crippen LogP contribution in [0.3, 0.4) is 0 Å². The van der Waals surface area contributed by atoms with Gasteiger partial charge in [0.25, 0.3) is 0 Å². The number of nitrogens with one attached hydrogen (secondary N) is 2. The van der Waals surface area contributed by atoms with Crippen LogP contribution in [0.5, 0.6) is 0 Å². The molecule has 0 saturated carbocycles. The van der Waals surface area contributed by atoms with Gasteiger partial charge < -0.3 is 15.4 Å². The Labute approximate surface area is 112 Å². The summed E-state index contributed by atoms with van der Waals surface area (Å²) < 4.78 is 18.3. The number of ether oxygens (including phenoxy) is 1. The van der Waals surface area contributed by atoms with E-state index in [1.165, 1.54) is 12.1 Å². The molecule has 1 aliphatic rings. The van der Waals surface area contributed by atoms with Crippen molar-refractivity contribution in [1.29, 1.82) is 0 Å². The van der Waals surface area contributed by atoms with Crippen LogP contribution in [0.1, 0.15) is 13.3 Å². The monoisotopic (exact) mass is 272 g/mol. The topological polar surface area (TPSA) is 33.3 Å². The van der Waals surface area contributed by atoms with Crippen molar-refractivity contribution in [2.45, 2.75) is 25.4 Å². The number of halogens is 2. The molecule has 0 aliphatic carbocycles. The zero-order valence-electron chi connectivity index (χ0n) is 10.4. The molecule has 2 N–H and O–H groups in total. The van der Waals surface area contributed by atoms with Crippen molar-refractivity contribution >= 4 is 17.3 Å². The van der Waals surface area contributed by atoms with Gasteiger partial charge in [-0.1, -0.05) is 11.6 Å². The van der Waals surface area contributed by atoms with Crippen molar-refractivity contribution in [2.75, 3.05) is 25.1 Å². The highest BCUT2D eigenvalue weighted by atomic mass is 35.5. The van der Waals surface area contributed by atoms with E-state index in [0.29, 0.717) is 11.1 Å². The SMILES string of the molecule is CC(CC1COCCN1)Nc1ccc(F)cc1Cl. The van der Waals surface area contributed by atoms with Gasteiger partial charge in [0, 0.05) is 18.6 Å². The first-order valence-electron chi connectivity index (χ1n) is 6.18. The molecule has 18 heavy (non-hydrogen) atoms. The van der Waals surface area contributed by atoms with Crippen LogP contribution in [0, 0.1) is 5.82 Å². The molecule has 0 radical (unpaired) electrons. The first-order chi connectivity index (χ1) is 8.65. The molecule has 100 valence electrons. The smallest absolute Gasteiger partial charge is 0.124 e. The van der Waals surface area contributed by atoms with Crippen LogP contribution < -0.4 is 10.6 Å². The minimum absolute atomic E-state index is 0.243. The van der Waals surface area contributed by atoms with Gasteiger partial charge in [-0.3, -0.25) is 0 Å². The van der Waals surface area contributed by atoms with E-state index < -0.39 is 0 Å². The number of morpholine rings is 1. The van der Waals surface area contributed by atoms with Gasteiger partial charge >= 0.3 is 0 Å². The van der Waals surface area contributed by atoms with Crippen molar-refractivity contribution < 1.29 is 9.13 Å². The quantitative estimate of drug-likeness (QED) is 0.884. The highest BCUT2D eigenvalue weighted by Crippen LogP contribution is 2.23. The molecule has 1 fully saturated rings. The van der Waals surface area contributed by atoms with Crippen LogP contribution in [0.15, 0.2) is 18.2 Å². The van der Waals surface area contributed by atoms with Crippen molar-refractivity contribution in [3.05, 3.63) is 29.0 Å². The van der Waals surface area contributed by atoms with Gasteiger partial charge in [0.15, 0.2) is 0 Å². The van der Waals surface area contributed by atoms with E-state index in [0.717, 1.165) is 31.9 Å². The third kappa shape index (κ3) is 3.83. The molecule has 1 aromatic rings. The number of benzene rings is 1. The summed E-state index contributed by atoms with van der Waals surface area (Å²) in [6.07, 6.45) is 0.938. The molecule has 3 nitrogen and oxygen atoms in total. The largest absolute Gasteiger partial charge is 0.381 e. The lowest BCUT2D eigenvalue weighted by Crippen LogP contribution is -2.43. The Kier molecular flexibility index (Phi) is 4.80. The molecule has 5 heteroatoms. The summed E-state index contributed by atoms with van der Waals surface area (Å²) in [5.41, 5.74) is 0.766. The zero-order valence-corrected chi connectivity index (χ0v) is 11.1. The Morgan fingerprint density at radius 2 is 2.44 bits per heavy atom. The van der Waals surface area contributed by atoms with Gasteiger partial charge in [-0.25, -0.2) is 4.39 Å². The third-order valence-corrected chi connectivity index (χ3v) is 3.28. The van der Waals surface area contributed by atoms with E-state index >= 15 is 0 Å². The summed E-state index contributed by atoms with van der Waals surface area (Å²) >= 11 is 5.97. The number of anilines is 1. The average Bonchev–Trinajstić information content (AvgIpc) is 2.34. The fourth-order valence-corrected chi connectivity index (χ4v) is 2.35. The first kappa shape index (κ1) is 13.6. The lowest BCUT2D eigenvalue weighted by Gasteiger charge is -2.27. The van der Waals surface area contributed by atoms with E-state index in [1.54, 1.807) is 6.07 Å². The maximum atomic E-state index is 12.9. The molecule has 2 unspecified atom stereocenters. The van der Waals surface area contributed by atoms with Crippen LogP contribution in [0.25, 0.3) is 0 Å². The first-order valence-corrected chi connectivity index (χ1v) is 6.55. The van der Waals surface area contributed by atoms with Gasteiger partial charge in [-0.15, -0.1) is 0 Å². The molecular formula is C13H18ClFN2O. The molecule has 0 spiro atoms. The minimum atomic E-state index is -0.319. The second-order valence-electron chi connectivity index (χ2n) is 4.63. The standard InChI is InChI=1S/C13H18ClFN2O/c1-9(6-11-8-18-5-4-16-11)17-13-3-2-10(15)7-12(13)14/h2-3,7,9,11,16-17H,4-6,8H2,1H3. The fourth-order valence-electron chi connectivity index (χ4n) is 2.13. The van der Waals surface area contributed by atoms with Gasteiger partial charge in [-0.2, -0.15) is 0 Å². The van der Waals surface area contributed by atoms with Gasteiger partial charge in [0.2, 0.25) is 0 Å². The Morgan fingerprint density at radius 3 is 3.11 bits per heavy atom. The number of hydrogen-bond donors (Lipinski definition) is 2. The Morgan fingerprint density at radius 1 is 1.61 bits per heavy atom. The average molecular weight is 273 g/mol. The van der Waals surface area contributed by atoms with E-state index in [9.17, 15) is 4.39 Å². The number of hydrogen-bond acceptors (Lipinski definition) is 3. The van der Waals surface area contributed by atoms with Gasteiger partial charge in [0.05, 0.1) is 23.9 Å². The second kappa shape index (κ2) is 6.36. The predicted octanol–water partition coefficient (Wildman–Crippen LogP) is 2.66. The molecule has 2 atom stereocenters. The molecule has 1 heterocycles. The molecule has 0 aromatic heterocycles. The summed E-state index contributed by atoms with van der Waals surface area (Å²) in [5, 5.41) is 7.10. The third-order valence-electron chi connectivity index (χ3n) is 2.97. The summed E-state index contributed by atoms with van der Waals surface area (Å²) in [4.78, 5) is 0. The summed E-state index contributed by atoms with van der Waals surface area (Å²) in [7, 11) is 0. The molecular weight excluding hydrogens is 255 g/mol. The maximum absolute atomic E-state index is 12.9. The highest BCUT2D eigenvalue weighted by Gasteiger charge is 2.16. The molecule has 0 amide bonds. The van der Waals surface area contributed by atoms with Crippen LogP contribution in [0.2, 0.25) is 5.02 Å². The Balaban J connectivity index is 1.87. The lowest BCUT2D eigenvalue weighted by atomic mass is 10.1. The lowest BCUT2D eigenvalue weighted by molar-refractivity contribution is 0.0731. The molecule has 1 aromatic carbocycles. The Bertz CT molecular complexity index is 397. The summed E-state index contributed by atoms with van der Waals surface area (Å²) in [6.45, 7) is 4.50. The zero-order chi connectivity index (χ0) is 13.0. The molecule has 0 bridgehead atoms.